The van der Waals surface area contributed by atoms with Crippen LogP contribution in [0.2, 0.25) is 0 Å². The fourth-order valence-electron chi connectivity index (χ4n) is 6.08. The molecule has 3 aliphatic rings. The minimum atomic E-state index is 0.209. The molecule has 1 saturated carbocycles. The summed E-state index contributed by atoms with van der Waals surface area (Å²) in [6, 6.07) is 1.10. The van der Waals surface area contributed by atoms with E-state index in [0.29, 0.717) is 23.9 Å². The van der Waals surface area contributed by atoms with Crippen molar-refractivity contribution in [2.24, 2.45) is 5.92 Å². The topological polar surface area (TPSA) is 86.4 Å². The summed E-state index contributed by atoms with van der Waals surface area (Å²) in [5.41, 5.74) is 2.26. The van der Waals surface area contributed by atoms with Gasteiger partial charge in [0.25, 0.3) is 0 Å². The summed E-state index contributed by atoms with van der Waals surface area (Å²) in [7, 11) is 3.74. The number of nitrogens with zero attached hydrogens (tertiary/aromatic N) is 4. The molecule has 0 atom stereocenters. The maximum absolute atomic E-state index is 12.3. The molecule has 0 bridgehead atoms. The van der Waals surface area contributed by atoms with Crippen LogP contribution < -0.4 is 5.32 Å². The van der Waals surface area contributed by atoms with E-state index in [4.69, 9.17) is 4.74 Å². The van der Waals surface area contributed by atoms with Crippen LogP contribution in [0, 0.1) is 5.92 Å². The van der Waals surface area contributed by atoms with E-state index >= 15 is 0 Å². The van der Waals surface area contributed by atoms with E-state index in [2.05, 4.69) is 31.4 Å². The zero-order valence-electron chi connectivity index (χ0n) is 20.1. The number of rotatable bonds is 5. The third-order valence-corrected chi connectivity index (χ3v) is 8.03. The number of aromatic nitrogens is 3. The van der Waals surface area contributed by atoms with Crippen molar-refractivity contribution in [1.29, 1.82) is 0 Å². The number of likely N-dealkylation sites (tertiary alicyclic amines) is 1. The molecule has 1 aliphatic carbocycles. The first kappa shape index (κ1) is 22.6. The standard InChI is InChI=1S/C25H38N6O2/c1-30(2)25(32)18-7-11-31(12-8-18)20-5-3-19(4-6-20)29-24-22-21(17-9-13-33-14-10-17)15-26-23(22)27-16-28-24/h15-20H,3-14H2,1-2H3,(H2,26,27,28,29)/t19-,20-. The smallest absolute Gasteiger partial charge is 0.225 e. The number of ether oxygens (including phenoxy) is 1. The van der Waals surface area contributed by atoms with Gasteiger partial charge in [-0.15, -0.1) is 0 Å². The molecule has 2 aliphatic heterocycles. The van der Waals surface area contributed by atoms with Gasteiger partial charge in [-0.3, -0.25) is 4.79 Å². The predicted octanol–water partition coefficient (Wildman–Crippen LogP) is 3.38. The van der Waals surface area contributed by atoms with Crippen molar-refractivity contribution in [1.82, 2.24) is 24.8 Å². The minimum absolute atomic E-state index is 0.209. The third kappa shape index (κ3) is 4.87. The van der Waals surface area contributed by atoms with Crippen LogP contribution in [0.1, 0.15) is 62.8 Å². The van der Waals surface area contributed by atoms with Gasteiger partial charge >= 0.3 is 0 Å². The summed E-state index contributed by atoms with van der Waals surface area (Å²) in [5.74, 6) is 2.00. The van der Waals surface area contributed by atoms with Gasteiger partial charge in [0.15, 0.2) is 0 Å². The van der Waals surface area contributed by atoms with Crippen molar-refractivity contribution in [2.75, 3.05) is 45.7 Å². The molecule has 0 aromatic carbocycles. The summed E-state index contributed by atoms with van der Waals surface area (Å²) in [5, 5.41) is 4.94. The quantitative estimate of drug-likeness (QED) is 0.720. The van der Waals surface area contributed by atoms with E-state index in [1.165, 1.54) is 23.8 Å². The van der Waals surface area contributed by atoms with Crippen LogP contribution in [-0.2, 0) is 9.53 Å². The van der Waals surface area contributed by atoms with Crippen LogP contribution in [0.15, 0.2) is 12.5 Å². The maximum Gasteiger partial charge on any atom is 0.225 e. The van der Waals surface area contributed by atoms with Gasteiger partial charge in [-0.05, 0) is 75.9 Å². The van der Waals surface area contributed by atoms with E-state index in [1.807, 2.05) is 14.1 Å². The number of carbonyl (C=O) groups excluding carboxylic acids is 1. The fourth-order valence-corrected chi connectivity index (χ4v) is 6.08. The van der Waals surface area contributed by atoms with Gasteiger partial charge in [-0.1, -0.05) is 0 Å². The van der Waals surface area contributed by atoms with Gasteiger partial charge in [0.2, 0.25) is 5.91 Å². The number of anilines is 1. The Labute approximate surface area is 196 Å². The summed E-state index contributed by atoms with van der Waals surface area (Å²) in [6.45, 7) is 3.77. The van der Waals surface area contributed by atoms with Gasteiger partial charge < -0.3 is 24.8 Å². The van der Waals surface area contributed by atoms with E-state index in [-0.39, 0.29) is 5.92 Å². The van der Waals surface area contributed by atoms with Gasteiger partial charge in [-0.25, -0.2) is 9.97 Å². The first-order valence-electron chi connectivity index (χ1n) is 12.7. The lowest BCUT2D eigenvalue weighted by Crippen LogP contribution is -2.46. The average Bonchev–Trinajstić information content (AvgIpc) is 3.30. The lowest BCUT2D eigenvalue weighted by molar-refractivity contribution is -0.134. The van der Waals surface area contributed by atoms with Gasteiger partial charge in [0, 0.05) is 51.5 Å². The molecule has 1 amide bonds. The first-order chi connectivity index (χ1) is 16.1. The number of nitrogens with one attached hydrogen (secondary N) is 2. The van der Waals surface area contributed by atoms with Gasteiger partial charge in [0.1, 0.15) is 17.8 Å². The second-order valence-electron chi connectivity index (χ2n) is 10.3. The molecule has 0 radical (unpaired) electrons. The molecule has 4 heterocycles. The Kier molecular flexibility index (Phi) is 6.83. The zero-order chi connectivity index (χ0) is 22.8. The SMILES string of the molecule is CN(C)C(=O)C1CCN([C@H]2CC[C@H](Nc3ncnc4[nH]cc(C5CCOCC5)c34)CC2)CC1. The van der Waals surface area contributed by atoms with Crippen molar-refractivity contribution in [3.8, 4) is 0 Å². The first-order valence-corrected chi connectivity index (χ1v) is 12.7. The molecule has 33 heavy (non-hydrogen) atoms. The second kappa shape index (κ2) is 9.97. The van der Waals surface area contributed by atoms with Gasteiger partial charge in [0.05, 0.1) is 5.39 Å². The second-order valence-corrected chi connectivity index (χ2v) is 10.3. The highest BCUT2D eigenvalue weighted by atomic mass is 16.5. The van der Waals surface area contributed by atoms with Gasteiger partial charge in [-0.2, -0.15) is 0 Å². The molecule has 2 saturated heterocycles. The van der Waals surface area contributed by atoms with Crippen LogP contribution in [0.3, 0.4) is 0 Å². The Morgan fingerprint density at radius 1 is 1.06 bits per heavy atom. The van der Waals surface area contributed by atoms with Crippen LogP contribution in [-0.4, -0.2) is 83.1 Å². The minimum Gasteiger partial charge on any atom is -0.381 e. The van der Waals surface area contributed by atoms with E-state index < -0.39 is 0 Å². The van der Waals surface area contributed by atoms with E-state index in [9.17, 15) is 4.79 Å². The summed E-state index contributed by atoms with van der Waals surface area (Å²) in [6.07, 6.45) is 12.6. The highest BCUT2D eigenvalue weighted by Gasteiger charge is 2.32. The lowest BCUT2D eigenvalue weighted by atomic mass is 9.87. The molecule has 5 rings (SSSR count). The molecule has 2 aromatic rings. The predicted molar refractivity (Wildman–Crippen MR) is 129 cm³/mol. The number of piperidine rings is 1. The summed E-state index contributed by atoms with van der Waals surface area (Å²) >= 11 is 0. The number of amides is 1. The Balaban J connectivity index is 1.18. The molecular formula is C25H38N6O2. The largest absolute Gasteiger partial charge is 0.381 e. The summed E-state index contributed by atoms with van der Waals surface area (Å²) in [4.78, 5) is 29.2. The Morgan fingerprint density at radius 3 is 2.48 bits per heavy atom. The molecule has 0 unspecified atom stereocenters. The number of hydrogen-bond acceptors (Lipinski definition) is 6. The highest BCUT2D eigenvalue weighted by Crippen LogP contribution is 2.36. The highest BCUT2D eigenvalue weighted by molar-refractivity contribution is 5.91. The molecule has 8 heteroatoms. The molecular weight excluding hydrogens is 416 g/mol. The van der Waals surface area contributed by atoms with Crippen molar-refractivity contribution >= 4 is 22.8 Å². The number of fused-ring (bicyclic) bond motifs is 1. The molecule has 3 fully saturated rings. The van der Waals surface area contributed by atoms with E-state index in [1.54, 1.807) is 11.2 Å². The van der Waals surface area contributed by atoms with Crippen molar-refractivity contribution in [3.05, 3.63) is 18.1 Å². The molecule has 8 nitrogen and oxygen atoms in total. The van der Waals surface area contributed by atoms with Crippen molar-refractivity contribution < 1.29 is 9.53 Å². The van der Waals surface area contributed by atoms with Crippen molar-refractivity contribution in [3.63, 3.8) is 0 Å². The fraction of sp³-hybridized carbons (Fsp3) is 0.720. The molecule has 2 N–H and O–H groups in total. The Bertz CT molecular complexity index is 938. The zero-order valence-corrected chi connectivity index (χ0v) is 20.1. The number of carbonyl (C=O) groups is 1. The Morgan fingerprint density at radius 2 is 1.79 bits per heavy atom. The van der Waals surface area contributed by atoms with Crippen LogP contribution in [0.4, 0.5) is 5.82 Å². The Hall–Kier alpha value is -2.19. The van der Waals surface area contributed by atoms with Crippen LogP contribution in [0.5, 0.6) is 0 Å². The third-order valence-electron chi connectivity index (χ3n) is 8.03. The molecule has 2 aromatic heterocycles. The number of aromatic amines is 1. The number of hydrogen-bond donors (Lipinski definition) is 2. The monoisotopic (exact) mass is 454 g/mol. The normalized spacial score (nSPS) is 25.9. The van der Waals surface area contributed by atoms with Crippen LogP contribution >= 0.6 is 0 Å². The molecule has 180 valence electrons. The summed E-state index contributed by atoms with van der Waals surface area (Å²) < 4.78 is 5.57. The maximum atomic E-state index is 12.3. The average molecular weight is 455 g/mol. The lowest BCUT2D eigenvalue weighted by Gasteiger charge is -2.41. The van der Waals surface area contributed by atoms with Crippen molar-refractivity contribution in [2.45, 2.75) is 69.4 Å². The van der Waals surface area contributed by atoms with Crippen LogP contribution in [0.25, 0.3) is 11.0 Å². The number of H-pyrrole nitrogens is 1. The molecule has 0 spiro atoms. The van der Waals surface area contributed by atoms with E-state index in [0.717, 1.165) is 76.3 Å².